The summed E-state index contributed by atoms with van der Waals surface area (Å²) in [5, 5.41) is 6.07. The standard InChI is InChI=1S/C14H22N2O/c1-5-6-11(3)16-14(17)12-9-10(2)7-8-13(12)15-4/h7-9,11,15H,5-6H2,1-4H3,(H,16,17). The van der Waals surface area contributed by atoms with Crippen molar-refractivity contribution in [3.8, 4) is 0 Å². The predicted octanol–water partition coefficient (Wildman–Crippen LogP) is 2.96. The zero-order valence-electron chi connectivity index (χ0n) is 11.1. The van der Waals surface area contributed by atoms with E-state index < -0.39 is 0 Å². The van der Waals surface area contributed by atoms with Gasteiger partial charge in [-0.15, -0.1) is 0 Å². The maximum absolute atomic E-state index is 12.1. The number of anilines is 1. The van der Waals surface area contributed by atoms with Crippen LogP contribution < -0.4 is 10.6 Å². The summed E-state index contributed by atoms with van der Waals surface area (Å²) in [6, 6.07) is 6.07. The molecule has 1 atom stereocenters. The van der Waals surface area contributed by atoms with Crippen molar-refractivity contribution in [2.24, 2.45) is 0 Å². The molecule has 0 heterocycles. The molecule has 0 fully saturated rings. The van der Waals surface area contributed by atoms with Gasteiger partial charge in [0, 0.05) is 18.8 Å². The van der Waals surface area contributed by atoms with Gasteiger partial charge in [0.05, 0.1) is 5.56 Å². The van der Waals surface area contributed by atoms with Gasteiger partial charge in [0.25, 0.3) is 5.91 Å². The number of carbonyl (C=O) groups is 1. The molecule has 0 saturated carbocycles. The third-order valence-corrected chi connectivity index (χ3v) is 2.79. The van der Waals surface area contributed by atoms with Gasteiger partial charge in [-0.05, 0) is 32.4 Å². The van der Waals surface area contributed by atoms with Crippen molar-refractivity contribution < 1.29 is 4.79 Å². The molecule has 0 aromatic heterocycles. The maximum atomic E-state index is 12.1. The highest BCUT2D eigenvalue weighted by atomic mass is 16.1. The van der Waals surface area contributed by atoms with E-state index in [1.807, 2.05) is 39.1 Å². The van der Waals surface area contributed by atoms with Crippen LogP contribution >= 0.6 is 0 Å². The van der Waals surface area contributed by atoms with Gasteiger partial charge in [-0.3, -0.25) is 4.79 Å². The quantitative estimate of drug-likeness (QED) is 0.822. The summed E-state index contributed by atoms with van der Waals surface area (Å²) >= 11 is 0. The lowest BCUT2D eigenvalue weighted by Crippen LogP contribution is -2.32. The van der Waals surface area contributed by atoms with Crippen LogP contribution in [0.5, 0.6) is 0 Å². The molecule has 0 aliphatic carbocycles. The Bertz CT molecular complexity index is 388. The highest BCUT2D eigenvalue weighted by Gasteiger charge is 2.12. The van der Waals surface area contributed by atoms with Crippen LogP contribution in [0, 0.1) is 6.92 Å². The molecule has 0 bridgehead atoms. The zero-order chi connectivity index (χ0) is 12.8. The first kappa shape index (κ1) is 13.6. The molecule has 0 aliphatic heterocycles. The Hall–Kier alpha value is -1.51. The first-order valence-electron chi connectivity index (χ1n) is 6.17. The Kier molecular flexibility index (Phi) is 5.01. The van der Waals surface area contributed by atoms with E-state index in [1.54, 1.807) is 0 Å². The SMILES string of the molecule is CCCC(C)NC(=O)c1cc(C)ccc1NC. The zero-order valence-corrected chi connectivity index (χ0v) is 11.1. The number of amides is 1. The first-order valence-corrected chi connectivity index (χ1v) is 6.17. The monoisotopic (exact) mass is 234 g/mol. The van der Waals surface area contributed by atoms with E-state index in [1.165, 1.54) is 0 Å². The molecule has 0 spiro atoms. The molecule has 2 N–H and O–H groups in total. The number of carbonyl (C=O) groups excluding carboxylic acids is 1. The average molecular weight is 234 g/mol. The van der Waals surface area contributed by atoms with E-state index in [4.69, 9.17) is 0 Å². The number of rotatable bonds is 5. The van der Waals surface area contributed by atoms with Crippen LogP contribution in [0.25, 0.3) is 0 Å². The van der Waals surface area contributed by atoms with E-state index >= 15 is 0 Å². The van der Waals surface area contributed by atoms with Crippen molar-refractivity contribution in [3.05, 3.63) is 29.3 Å². The Labute approximate surface area is 104 Å². The number of hydrogen-bond acceptors (Lipinski definition) is 2. The minimum Gasteiger partial charge on any atom is -0.387 e. The predicted molar refractivity (Wildman–Crippen MR) is 72.6 cm³/mol. The molecule has 17 heavy (non-hydrogen) atoms. The fraction of sp³-hybridized carbons (Fsp3) is 0.500. The Morgan fingerprint density at radius 3 is 2.71 bits per heavy atom. The van der Waals surface area contributed by atoms with Crippen LogP contribution in [-0.4, -0.2) is 19.0 Å². The van der Waals surface area contributed by atoms with Crippen molar-refractivity contribution in [1.29, 1.82) is 0 Å². The van der Waals surface area contributed by atoms with Crippen molar-refractivity contribution in [2.45, 2.75) is 39.7 Å². The minimum absolute atomic E-state index is 0.000926. The molecule has 3 heteroatoms. The van der Waals surface area contributed by atoms with Gasteiger partial charge in [0.2, 0.25) is 0 Å². The van der Waals surface area contributed by atoms with Gasteiger partial charge >= 0.3 is 0 Å². The molecular formula is C14H22N2O. The molecule has 3 nitrogen and oxygen atoms in total. The van der Waals surface area contributed by atoms with Gasteiger partial charge < -0.3 is 10.6 Å². The van der Waals surface area contributed by atoms with Gasteiger partial charge in [0.1, 0.15) is 0 Å². The maximum Gasteiger partial charge on any atom is 0.253 e. The Morgan fingerprint density at radius 2 is 2.12 bits per heavy atom. The Morgan fingerprint density at radius 1 is 1.41 bits per heavy atom. The second kappa shape index (κ2) is 6.28. The average Bonchev–Trinajstić information content (AvgIpc) is 2.29. The van der Waals surface area contributed by atoms with Gasteiger partial charge in [-0.1, -0.05) is 25.0 Å². The van der Waals surface area contributed by atoms with Crippen molar-refractivity contribution in [3.63, 3.8) is 0 Å². The third kappa shape index (κ3) is 3.77. The fourth-order valence-electron chi connectivity index (χ4n) is 1.87. The highest BCUT2D eigenvalue weighted by molar-refractivity contribution is 5.99. The summed E-state index contributed by atoms with van der Waals surface area (Å²) in [7, 11) is 1.83. The molecule has 0 radical (unpaired) electrons. The second-order valence-electron chi connectivity index (χ2n) is 4.46. The lowest BCUT2D eigenvalue weighted by atomic mass is 10.1. The van der Waals surface area contributed by atoms with Crippen molar-refractivity contribution in [1.82, 2.24) is 5.32 Å². The van der Waals surface area contributed by atoms with E-state index in [-0.39, 0.29) is 11.9 Å². The number of aryl methyl sites for hydroxylation is 1. The molecule has 1 aromatic carbocycles. The summed E-state index contributed by atoms with van der Waals surface area (Å²) in [6.07, 6.45) is 2.08. The van der Waals surface area contributed by atoms with Crippen LogP contribution in [0.3, 0.4) is 0 Å². The van der Waals surface area contributed by atoms with Gasteiger partial charge in [-0.2, -0.15) is 0 Å². The summed E-state index contributed by atoms with van der Waals surface area (Å²) < 4.78 is 0. The van der Waals surface area contributed by atoms with Crippen LogP contribution in [0.2, 0.25) is 0 Å². The fourth-order valence-corrected chi connectivity index (χ4v) is 1.87. The minimum atomic E-state index is -0.000926. The molecule has 1 amide bonds. The van der Waals surface area contributed by atoms with E-state index in [0.717, 1.165) is 29.7 Å². The second-order valence-corrected chi connectivity index (χ2v) is 4.46. The van der Waals surface area contributed by atoms with Crippen LogP contribution in [0.1, 0.15) is 42.6 Å². The Balaban J connectivity index is 2.83. The molecule has 1 rings (SSSR count). The van der Waals surface area contributed by atoms with Gasteiger partial charge in [0.15, 0.2) is 0 Å². The topological polar surface area (TPSA) is 41.1 Å². The molecule has 0 saturated heterocycles. The number of benzene rings is 1. The molecule has 1 aromatic rings. The summed E-state index contributed by atoms with van der Waals surface area (Å²) in [5.41, 5.74) is 2.68. The number of nitrogens with one attached hydrogen (secondary N) is 2. The molecular weight excluding hydrogens is 212 g/mol. The van der Waals surface area contributed by atoms with E-state index in [2.05, 4.69) is 17.6 Å². The molecule has 1 unspecified atom stereocenters. The third-order valence-electron chi connectivity index (χ3n) is 2.79. The van der Waals surface area contributed by atoms with Gasteiger partial charge in [-0.25, -0.2) is 0 Å². The molecule has 0 aliphatic rings. The summed E-state index contributed by atoms with van der Waals surface area (Å²) in [5.74, 6) is -0.000926. The normalized spacial score (nSPS) is 12.0. The lowest BCUT2D eigenvalue weighted by Gasteiger charge is -2.15. The van der Waals surface area contributed by atoms with Crippen molar-refractivity contribution >= 4 is 11.6 Å². The van der Waals surface area contributed by atoms with Crippen LogP contribution in [0.4, 0.5) is 5.69 Å². The summed E-state index contributed by atoms with van der Waals surface area (Å²) in [6.45, 7) is 6.15. The van der Waals surface area contributed by atoms with Crippen LogP contribution in [0.15, 0.2) is 18.2 Å². The molecule has 94 valence electrons. The van der Waals surface area contributed by atoms with Crippen molar-refractivity contribution in [2.75, 3.05) is 12.4 Å². The lowest BCUT2D eigenvalue weighted by molar-refractivity contribution is 0.0939. The largest absolute Gasteiger partial charge is 0.387 e. The summed E-state index contributed by atoms with van der Waals surface area (Å²) in [4.78, 5) is 12.1. The number of hydrogen-bond donors (Lipinski definition) is 2. The smallest absolute Gasteiger partial charge is 0.253 e. The first-order chi connectivity index (χ1) is 8.08. The van der Waals surface area contributed by atoms with E-state index in [0.29, 0.717) is 0 Å². The van der Waals surface area contributed by atoms with Crippen LogP contribution in [-0.2, 0) is 0 Å². The van der Waals surface area contributed by atoms with E-state index in [9.17, 15) is 4.79 Å². The highest BCUT2D eigenvalue weighted by Crippen LogP contribution is 2.17.